The summed E-state index contributed by atoms with van der Waals surface area (Å²) in [6, 6.07) is 28.1. The summed E-state index contributed by atoms with van der Waals surface area (Å²) in [5, 5.41) is 10.6. The predicted octanol–water partition coefficient (Wildman–Crippen LogP) is 7.42. The van der Waals surface area contributed by atoms with E-state index in [1.807, 2.05) is 78.2 Å². The highest BCUT2D eigenvalue weighted by molar-refractivity contribution is 8.77. The number of rotatable bonds is 22. The van der Waals surface area contributed by atoms with E-state index >= 15 is 0 Å². The number of hydrogen-bond acceptors (Lipinski definition) is 16. The molecule has 1 unspecified atom stereocenters. The first-order chi connectivity index (χ1) is 38.9. The number of carbonyl (C=O) groups excluding carboxylic acids is 6. The Morgan fingerprint density at radius 3 is 1.77 bits per heavy atom. The van der Waals surface area contributed by atoms with Crippen LogP contribution in [0.1, 0.15) is 76.1 Å². The molecule has 5 aliphatic rings. The van der Waals surface area contributed by atoms with Gasteiger partial charge in [0.25, 0.3) is 33.7 Å². The number of para-hydroxylation sites is 2. The van der Waals surface area contributed by atoms with Crippen LogP contribution >= 0.6 is 21.6 Å². The Balaban J connectivity index is 0.819. The Kier molecular flexibility index (Phi) is 16.6. The van der Waals surface area contributed by atoms with E-state index in [9.17, 15) is 41.7 Å². The summed E-state index contributed by atoms with van der Waals surface area (Å²) >= 11 is 0. The molecule has 0 fully saturated rings. The summed E-state index contributed by atoms with van der Waals surface area (Å²) in [6.07, 6.45) is 3.94. The highest BCUT2D eigenvalue weighted by atomic mass is 33.1. The largest absolute Gasteiger partial charge is 0.493 e. The molecule has 0 saturated heterocycles. The van der Waals surface area contributed by atoms with Crippen molar-refractivity contribution in [2.75, 3.05) is 71.9 Å². The van der Waals surface area contributed by atoms with Gasteiger partial charge in [0, 0.05) is 84.4 Å². The third kappa shape index (κ3) is 12.5. The van der Waals surface area contributed by atoms with Gasteiger partial charge in [-0.2, -0.15) is 8.42 Å². The molecule has 424 valence electrons. The number of benzene rings is 5. The van der Waals surface area contributed by atoms with Crippen molar-refractivity contribution in [2.24, 2.45) is 0 Å². The molecule has 5 heterocycles. The van der Waals surface area contributed by atoms with Crippen LogP contribution in [-0.2, 0) is 55.4 Å². The number of nitrogens with one attached hydrogen (secondary N) is 4. The van der Waals surface area contributed by atoms with Crippen LogP contribution in [0.2, 0.25) is 0 Å². The first-order valence-electron chi connectivity index (χ1n) is 26.4. The van der Waals surface area contributed by atoms with Crippen LogP contribution in [-0.4, -0.2) is 122 Å². The lowest BCUT2D eigenvalue weighted by molar-refractivity contribution is -0.137. The van der Waals surface area contributed by atoms with Crippen LogP contribution in [0.25, 0.3) is 0 Å². The highest BCUT2D eigenvalue weighted by Crippen LogP contribution is 2.44. The first-order valence-corrected chi connectivity index (χ1v) is 30.2. The molecule has 6 amide bonds. The van der Waals surface area contributed by atoms with Crippen molar-refractivity contribution in [3.8, 4) is 23.0 Å². The van der Waals surface area contributed by atoms with Crippen molar-refractivity contribution in [3.05, 3.63) is 137 Å². The maximum Gasteiger partial charge on any atom is 0.276 e. The van der Waals surface area contributed by atoms with Gasteiger partial charge in [-0.05, 0) is 104 Å². The molecular weight excluding hydrogens is 1100 g/mol. The number of fused-ring (bicyclic) bond motifs is 8. The molecule has 0 aromatic heterocycles. The Labute approximate surface area is 476 Å². The molecule has 5 N–H and O–H groups in total. The molecule has 5 aliphatic heterocycles. The zero-order valence-electron chi connectivity index (χ0n) is 44.9. The zero-order chi connectivity index (χ0) is 57.2. The Bertz CT molecular complexity index is 3310. The lowest BCUT2D eigenvalue weighted by Gasteiger charge is -2.23. The molecule has 0 spiro atoms. The highest BCUT2D eigenvalue weighted by Gasteiger charge is 2.40. The minimum Gasteiger partial charge on any atom is -0.493 e. The van der Waals surface area contributed by atoms with Crippen molar-refractivity contribution in [1.29, 1.82) is 0 Å². The lowest BCUT2D eigenvalue weighted by atomic mass is 10.1. The average Bonchev–Trinajstić information content (AvgIpc) is 4.28. The molecule has 0 radical (unpaired) electrons. The van der Waals surface area contributed by atoms with Gasteiger partial charge in [0.2, 0.25) is 11.8 Å². The number of ether oxygens (including phenoxy) is 4. The fourth-order valence-corrected chi connectivity index (χ4v) is 14.2. The fourth-order valence-electron chi connectivity index (χ4n) is 10.7. The van der Waals surface area contributed by atoms with Crippen LogP contribution in [0.4, 0.5) is 28.4 Å². The standard InChI is InChI=1S/C58H61N7O13S3/c1-58(2,80-79-20-16-51(81(72,73)74)55(69)59-18-19-63-53(67)13-14-54(63)68)17-15-52(66)62-38-22-34(32-77-49-28-43-41(26-47(49)75-3)56(70)64-39(30-60-43)24-36-9-5-7-11-45(36)64)21-35(23-38)33-78-50-29-44-42(27-48(50)76-4)57(71)65-40(31-61-44)25-37-10-6-8-12-46(37)65/h5-14,21-23,26-29,39-40,51,60-61H,15-20,24-25,30-33H2,1-4H3,(H,59,69)(H,62,66)(H,72,73,74)/t39-,40-,51?/m0/s1. The molecule has 5 aromatic carbocycles. The van der Waals surface area contributed by atoms with E-state index < -0.39 is 37.8 Å². The van der Waals surface area contributed by atoms with E-state index in [0.717, 1.165) is 52.4 Å². The van der Waals surface area contributed by atoms with Crippen molar-refractivity contribution in [1.82, 2.24) is 10.2 Å². The van der Waals surface area contributed by atoms with Gasteiger partial charge >= 0.3 is 0 Å². The molecule has 20 nitrogen and oxygen atoms in total. The third-order valence-electron chi connectivity index (χ3n) is 14.7. The summed E-state index contributed by atoms with van der Waals surface area (Å²) in [5.41, 5.74) is 7.96. The fraction of sp³-hybridized carbons (Fsp3) is 0.345. The molecule has 10 rings (SSSR count). The number of hydrogen-bond donors (Lipinski definition) is 5. The molecule has 0 saturated carbocycles. The second kappa shape index (κ2) is 23.8. The number of carbonyl (C=O) groups is 6. The molecule has 0 aliphatic carbocycles. The number of imide groups is 1. The van der Waals surface area contributed by atoms with Gasteiger partial charge < -0.3 is 50.0 Å². The maximum atomic E-state index is 14.2. The molecule has 81 heavy (non-hydrogen) atoms. The van der Waals surface area contributed by atoms with E-state index in [1.54, 1.807) is 36.4 Å². The van der Waals surface area contributed by atoms with Gasteiger partial charge in [-0.1, -0.05) is 58.0 Å². The van der Waals surface area contributed by atoms with Gasteiger partial charge in [0.05, 0.1) is 48.8 Å². The van der Waals surface area contributed by atoms with E-state index in [-0.39, 0.29) is 74.7 Å². The number of nitrogens with zero attached hydrogens (tertiary/aromatic N) is 3. The molecule has 5 aromatic rings. The predicted molar refractivity (Wildman–Crippen MR) is 310 cm³/mol. The second-order valence-electron chi connectivity index (χ2n) is 20.8. The lowest BCUT2D eigenvalue weighted by Crippen LogP contribution is -2.44. The quantitative estimate of drug-likeness (QED) is 0.0196. The van der Waals surface area contributed by atoms with Crippen molar-refractivity contribution in [2.45, 2.75) is 81.2 Å². The second-order valence-corrected chi connectivity index (χ2v) is 25.5. The van der Waals surface area contributed by atoms with Crippen molar-refractivity contribution >= 4 is 95.6 Å². The van der Waals surface area contributed by atoms with E-state index in [2.05, 4.69) is 21.3 Å². The first kappa shape index (κ1) is 56.5. The molecule has 23 heteroatoms. The minimum absolute atomic E-state index is 0.0241. The van der Waals surface area contributed by atoms with Crippen LogP contribution in [0.5, 0.6) is 23.0 Å². The van der Waals surface area contributed by atoms with Crippen molar-refractivity contribution < 1.29 is 60.7 Å². The van der Waals surface area contributed by atoms with Crippen LogP contribution in [0, 0.1) is 0 Å². The summed E-state index contributed by atoms with van der Waals surface area (Å²) in [5.74, 6) is -0.947. The summed E-state index contributed by atoms with van der Waals surface area (Å²) in [6.45, 7) is 4.62. The smallest absolute Gasteiger partial charge is 0.276 e. The number of methoxy groups -OCH3 is 2. The Morgan fingerprint density at radius 2 is 1.26 bits per heavy atom. The molecule has 0 bridgehead atoms. The van der Waals surface area contributed by atoms with Crippen molar-refractivity contribution in [3.63, 3.8) is 0 Å². The van der Waals surface area contributed by atoms with Gasteiger partial charge in [-0.25, -0.2) is 0 Å². The Morgan fingerprint density at radius 1 is 0.741 bits per heavy atom. The average molecular weight is 1160 g/mol. The molecular formula is C58H61N7O13S3. The zero-order valence-corrected chi connectivity index (χ0v) is 47.4. The maximum absolute atomic E-state index is 14.2. The summed E-state index contributed by atoms with van der Waals surface area (Å²) in [7, 11) is 0.936. The summed E-state index contributed by atoms with van der Waals surface area (Å²) < 4.78 is 58.4. The van der Waals surface area contributed by atoms with Crippen LogP contribution in [0.3, 0.4) is 0 Å². The minimum atomic E-state index is -4.79. The third-order valence-corrected chi connectivity index (χ3v) is 19.3. The van der Waals surface area contributed by atoms with Gasteiger partial charge in [-0.15, -0.1) is 0 Å². The van der Waals surface area contributed by atoms with E-state index in [4.69, 9.17) is 18.9 Å². The number of anilines is 5. The van der Waals surface area contributed by atoms with Crippen LogP contribution < -0.4 is 50.0 Å². The normalized spacial score (nSPS) is 17.3. The molecule has 3 atom stereocenters. The van der Waals surface area contributed by atoms with Crippen LogP contribution in [0.15, 0.2) is 103 Å². The Hall–Kier alpha value is -7.73. The van der Waals surface area contributed by atoms with Gasteiger partial charge in [0.15, 0.2) is 28.2 Å². The SMILES string of the molecule is COc1cc2c(cc1OCc1cc(COc3cc4c(cc3OC)C(=O)N3c5ccccc5C[C@H]3CN4)cc(NC(=O)CCC(C)(C)SSCCC(C(=O)NCCN3C(=O)C=CC3=O)S(=O)(=O)O)c1)NC[C@@H]1Cc3ccccc3N1C2=O. The monoisotopic (exact) mass is 1160 g/mol. The number of amides is 6. The summed E-state index contributed by atoms with van der Waals surface area (Å²) in [4.78, 5) is 83.2. The topological polar surface area (TPSA) is 252 Å². The van der Waals surface area contributed by atoms with Gasteiger partial charge in [0.1, 0.15) is 13.2 Å². The van der Waals surface area contributed by atoms with Gasteiger partial charge in [-0.3, -0.25) is 38.2 Å². The van der Waals surface area contributed by atoms with E-state index in [1.165, 1.54) is 35.8 Å². The van der Waals surface area contributed by atoms with E-state index in [0.29, 0.717) is 81.8 Å².